The van der Waals surface area contributed by atoms with Gasteiger partial charge in [-0.25, -0.2) is 9.50 Å². The zero-order valence-corrected chi connectivity index (χ0v) is 11.9. The van der Waals surface area contributed by atoms with E-state index in [1.165, 1.54) is 24.9 Å². The van der Waals surface area contributed by atoms with Crippen molar-refractivity contribution in [3.8, 4) is 0 Å². The molecule has 3 heterocycles. The van der Waals surface area contributed by atoms with Crippen LogP contribution in [-0.2, 0) is 0 Å². The molecule has 18 heavy (non-hydrogen) atoms. The summed E-state index contributed by atoms with van der Waals surface area (Å²) in [6.07, 6.45) is 3.85. The monoisotopic (exact) mass is 309 g/mol. The molecule has 0 radical (unpaired) electrons. The molecule has 2 N–H and O–H groups in total. The number of nitrogens with zero attached hydrogens (tertiary/aromatic N) is 4. The predicted molar refractivity (Wildman–Crippen MR) is 74.6 cm³/mol. The molecule has 1 fully saturated rings. The van der Waals surface area contributed by atoms with Crippen molar-refractivity contribution in [2.45, 2.75) is 18.8 Å². The minimum absolute atomic E-state index is 0.524. The molecule has 6 heteroatoms. The van der Waals surface area contributed by atoms with Crippen LogP contribution in [0.3, 0.4) is 0 Å². The maximum Gasteiger partial charge on any atom is 0.152 e. The van der Waals surface area contributed by atoms with Crippen LogP contribution in [0.1, 0.15) is 24.5 Å². The van der Waals surface area contributed by atoms with Gasteiger partial charge in [0, 0.05) is 16.1 Å². The molecule has 3 rings (SSSR count). The van der Waals surface area contributed by atoms with E-state index in [-0.39, 0.29) is 0 Å². The van der Waals surface area contributed by atoms with E-state index in [0.29, 0.717) is 11.7 Å². The lowest BCUT2D eigenvalue weighted by molar-refractivity contribution is 0.252. The third kappa shape index (κ3) is 1.89. The highest BCUT2D eigenvalue weighted by molar-refractivity contribution is 9.10. The van der Waals surface area contributed by atoms with E-state index in [1.807, 2.05) is 4.52 Å². The summed E-state index contributed by atoms with van der Waals surface area (Å²) < 4.78 is 2.91. The second-order valence-electron chi connectivity index (χ2n) is 4.90. The van der Waals surface area contributed by atoms with Gasteiger partial charge in [-0.05, 0) is 55.0 Å². The van der Waals surface area contributed by atoms with Crippen LogP contribution < -0.4 is 5.73 Å². The fourth-order valence-electron chi connectivity index (χ4n) is 2.64. The van der Waals surface area contributed by atoms with Crippen LogP contribution in [-0.4, -0.2) is 39.6 Å². The Hall–Kier alpha value is -1.14. The number of halogens is 1. The summed E-state index contributed by atoms with van der Waals surface area (Å²) in [5, 5.41) is 4.34. The number of nitrogens with two attached hydrogens (primary N) is 1. The highest BCUT2D eigenvalue weighted by Gasteiger charge is 2.23. The Kier molecular flexibility index (Phi) is 2.99. The molecule has 0 unspecified atom stereocenters. The van der Waals surface area contributed by atoms with Crippen LogP contribution in [0, 0.1) is 0 Å². The summed E-state index contributed by atoms with van der Waals surface area (Å²) >= 11 is 3.56. The molecule has 0 aromatic carbocycles. The minimum atomic E-state index is 0.524. The number of piperidine rings is 1. The third-order valence-electron chi connectivity index (χ3n) is 3.70. The number of hydrogen-bond donors (Lipinski definition) is 1. The summed E-state index contributed by atoms with van der Waals surface area (Å²) in [4.78, 5) is 6.41. The molecule has 0 atom stereocenters. The molecule has 0 aliphatic carbocycles. The van der Waals surface area contributed by atoms with E-state index in [0.717, 1.165) is 23.1 Å². The fourth-order valence-corrected chi connectivity index (χ4v) is 3.25. The molecule has 1 saturated heterocycles. The van der Waals surface area contributed by atoms with Crippen LogP contribution in [0.2, 0.25) is 0 Å². The summed E-state index contributed by atoms with van der Waals surface area (Å²) in [6, 6.07) is 2.14. The Bertz CT molecular complexity index is 571. The number of nitrogen functional groups attached to an aromatic ring is 1. The number of likely N-dealkylation sites (tertiary alicyclic amines) is 1. The number of fused-ring (bicyclic) bond motifs is 1. The number of hydrogen-bond acceptors (Lipinski definition) is 4. The SMILES string of the molecule is CN1CCC(c2cc(Br)c3c(N)ncnn23)CC1. The van der Waals surface area contributed by atoms with E-state index in [1.54, 1.807) is 0 Å². The van der Waals surface area contributed by atoms with Gasteiger partial charge in [0.05, 0.1) is 0 Å². The minimum Gasteiger partial charge on any atom is -0.382 e. The van der Waals surface area contributed by atoms with E-state index < -0.39 is 0 Å². The normalized spacial score (nSPS) is 18.6. The molecule has 1 aliphatic rings. The number of rotatable bonds is 1. The van der Waals surface area contributed by atoms with Crippen LogP contribution in [0.5, 0.6) is 0 Å². The summed E-state index contributed by atoms with van der Waals surface area (Å²) in [6.45, 7) is 2.27. The van der Waals surface area contributed by atoms with Gasteiger partial charge < -0.3 is 10.6 Å². The Morgan fingerprint density at radius 2 is 2.11 bits per heavy atom. The predicted octanol–water partition coefficient (Wildman–Crippen LogP) is 1.88. The Balaban J connectivity index is 2.05. The average Bonchev–Trinajstić information content (AvgIpc) is 2.69. The van der Waals surface area contributed by atoms with Gasteiger partial charge in [-0.2, -0.15) is 5.10 Å². The van der Waals surface area contributed by atoms with Gasteiger partial charge in [0.2, 0.25) is 0 Å². The Morgan fingerprint density at radius 3 is 2.83 bits per heavy atom. The zero-order chi connectivity index (χ0) is 12.7. The number of anilines is 1. The van der Waals surface area contributed by atoms with Crippen molar-refractivity contribution in [2.75, 3.05) is 25.9 Å². The molecule has 1 aliphatic heterocycles. The van der Waals surface area contributed by atoms with Crippen molar-refractivity contribution >= 4 is 27.3 Å². The van der Waals surface area contributed by atoms with Gasteiger partial charge in [0.15, 0.2) is 5.82 Å². The molecule has 0 saturated carbocycles. The molecule has 0 amide bonds. The van der Waals surface area contributed by atoms with Crippen molar-refractivity contribution in [3.63, 3.8) is 0 Å². The summed E-state index contributed by atoms with van der Waals surface area (Å²) in [5.74, 6) is 1.07. The lowest BCUT2D eigenvalue weighted by Gasteiger charge is -2.28. The first kappa shape index (κ1) is 11.9. The first-order valence-corrected chi connectivity index (χ1v) is 6.92. The summed E-state index contributed by atoms with van der Waals surface area (Å²) in [7, 11) is 2.17. The Morgan fingerprint density at radius 1 is 1.39 bits per heavy atom. The maximum absolute atomic E-state index is 5.91. The molecule has 96 valence electrons. The largest absolute Gasteiger partial charge is 0.382 e. The van der Waals surface area contributed by atoms with Gasteiger partial charge >= 0.3 is 0 Å². The molecule has 2 aromatic rings. The fraction of sp³-hybridized carbons (Fsp3) is 0.500. The highest BCUT2D eigenvalue weighted by atomic mass is 79.9. The van der Waals surface area contributed by atoms with Gasteiger partial charge in [-0.3, -0.25) is 0 Å². The topological polar surface area (TPSA) is 59.5 Å². The zero-order valence-electron chi connectivity index (χ0n) is 10.3. The molecular weight excluding hydrogens is 294 g/mol. The first-order chi connectivity index (χ1) is 8.66. The van der Waals surface area contributed by atoms with Crippen molar-refractivity contribution in [1.29, 1.82) is 0 Å². The number of aromatic nitrogens is 3. The van der Waals surface area contributed by atoms with Crippen molar-refractivity contribution in [2.24, 2.45) is 0 Å². The van der Waals surface area contributed by atoms with E-state index >= 15 is 0 Å². The summed E-state index contributed by atoms with van der Waals surface area (Å²) in [5.41, 5.74) is 8.03. The van der Waals surface area contributed by atoms with Gasteiger partial charge in [-0.15, -0.1) is 0 Å². The lowest BCUT2D eigenvalue weighted by Crippen LogP contribution is -2.29. The van der Waals surface area contributed by atoms with E-state index in [4.69, 9.17) is 5.73 Å². The molecular formula is C12H16BrN5. The maximum atomic E-state index is 5.91. The first-order valence-electron chi connectivity index (χ1n) is 6.13. The molecule has 0 bridgehead atoms. The van der Waals surface area contributed by atoms with Crippen LogP contribution in [0.15, 0.2) is 16.9 Å². The van der Waals surface area contributed by atoms with Crippen LogP contribution >= 0.6 is 15.9 Å². The standard InChI is InChI=1S/C12H16BrN5/c1-17-4-2-8(3-5-17)10-6-9(13)11-12(14)15-7-16-18(10)11/h6-8H,2-5H2,1H3,(H2,14,15,16). The highest BCUT2D eigenvalue weighted by Crippen LogP contribution is 2.33. The smallest absolute Gasteiger partial charge is 0.152 e. The van der Waals surface area contributed by atoms with Crippen LogP contribution in [0.4, 0.5) is 5.82 Å². The quantitative estimate of drug-likeness (QED) is 0.874. The van der Waals surface area contributed by atoms with Gasteiger partial charge in [0.25, 0.3) is 0 Å². The van der Waals surface area contributed by atoms with Gasteiger partial charge in [-0.1, -0.05) is 0 Å². The van der Waals surface area contributed by atoms with Crippen LogP contribution in [0.25, 0.3) is 5.52 Å². The van der Waals surface area contributed by atoms with Crippen molar-refractivity contribution in [3.05, 3.63) is 22.6 Å². The van der Waals surface area contributed by atoms with E-state index in [9.17, 15) is 0 Å². The lowest BCUT2D eigenvalue weighted by atomic mass is 9.94. The second kappa shape index (κ2) is 4.51. The molecule has 2 aromatic heterocycles. The molecule has 0 spiro atoms. The second-order valence-corrected chi connectivity index (χ2v) is 5.75. The van der Waals surface area contributed by atoms with Crippen molar-refractivity contribution < 1.29 is 0 Å². The third-order valence-corrected chi connectivity index (χ3v) is 4.31. The molecule has 5 nitrogen and oxygen atoms in total. The Labute approximate surface area is 114 Å². The van der Waals surface area contributed by atoms with Crippen molar-refractivity contribution in [1.82, 2.24) is 19.5 Å². The van der Waals surface area contributed by atoms with Gasteiger partial charge in [0.1, 0.15) is 11.8 Å². The van der Waals surface area contributed by atoms with E-state index in [2.05, 4.69) is 44.0 Å². The average molecular weight is 310 g/mol.